The molecule has 20 heavy (non-hydrogen) atoms. The van der Waals surface area contributed by atoms with Crippen LogP contribution in [0.15, 0.2) is 32.4 Å². The summed E-state index contributed by atoms with van der Waals surface area (Å²) in [5, 5.41) is 8.71. The summed E-state index contributed by atoms with van der Waals surface area (Å²) in [5.74, 6) is -1.17. The van der Waals surface area contributed by atoms with Crippen LogP contribution in [0.4, 0.5) is 5.69 Å². The number of thiophene rings is 1. The number of hydrogen-bond acceptors (Lipinski definition) is 5. The molecule has 0 fully saturated rings. The van der Waals surface area contributed by atoms with E-state index in [4.69, 9.17) is 5.11 Å². The minimum atomic E-state index is -3.70. The first-order chi connectivity index (χ1) is 9.29. The third-order valence-corrected chi connectivity index (χ3v) is 6.33. The Morgan fingerprint density at radius 2 is 2.15 bits per heavy atom. The number of carbonyl (C=O) groups is 1. The first kappa shape index (κ1) is 14.9. The van der Waals surface area contributed by atoms with Crippen molar-refractivity contribution < 1.29 is 18.3 Å². The van der Waals surface area contributed by atoms with Gasteiger partial charge in [-0.25, -0.2) is 18.2 Å². The zero-order valence-electron chi connectivity index (χ0n) is 10.1. The Kier molecular flexibility index (Phi) is 4.11. The molecule has 0 aliphatic heterocycles. The Hall–Kier alpha value is -1.45. The smallest absolute Gasteiger partial charge is 0.354 e. The molecule has 9 heteroatoms. The van der Waals surface area contributed by atoms with Gasteiger partial charge in [-0.15, -0.1) is 11.3 Å². The maximum Gasteiger partial charge on any atom is 0.354 e. The van der Waals surface area contributed by atoms with Crippen molar-refractivity contribution in [1.29, 1.82) is 0 Å². The molecule has 0 aliphatic carbocycles. The highest BCUT2D eigenvalue weighted by Crippen LogP contribution is 2.31. The van der Waals surface area contributed by atoms with Crippen molar-refractivity contribution in [1.82, 2.24) is 4.98 Å². The Bertz CT molecular complexity index is 734. The Balaban J connectivity index is 2.26. The van der Waals surface area contributed by atoms with E-state index in [9.17, 15) is 13.2 Å². The van der Waals surface area contributed by atoms with Crippen LogP contribution in [0.25, 0.3) is 0 Å². The van der Waals surface area contributed by atoms with Gasteiger partial charge in [0.25, 0.3) is 10.0 Å². The van der Waals surface area contributed by atoms with Crippen LogP contribution in [-0.2, 0) is 10.0 Å². The Labute approximate surface area is 127 Å². The number of rotatable bonds is 4. The lowest BCUT2D eigenvalue weighted by Crippen LogP contribution is -2.12. The summed E-state index contributed by atoms with van der Waals surface area (Å²) >= 11 is 4.37. The zero-order valence-corrected chi connectivity index (χ0v) is 13.3. The highest BCUT2D eigenvalue weighted by Gasteiger charge is 2.18. The van der Waals surface area contributed by atoms with Gasteiger partial charge in [-0.05, 0) is 46.6 Å². The molecule has 2 rings (SSSR count). The molecule has 0 aromatic carbocycles. The molecule has 2 aromatic heterocycles. The fourth-order valence-corrected chi connectivity index (χ4v) is 4.62. The lowest BCUT2D eigenvalue weighted by Gasteiger charge is -2.05. The minimum Gasteiger partial charge on any atom is -0.477 e. The van der Waals surface area contributed by atoms with Gasteiger partial charge in [0.15, 0.2) is 0 Å². The molecule has 0 radical (unpaired) electrons. The van der Waals surface area contributed by atoms with Gasteiger partial charge in [0.1, 0.15) is 9.90 Å². The minimum absolute atomic E-state index is 0.150. The number of anilines is 1. The molecule has 6 nitrogen and oxygen atoms in total. The van der Waals surface area contributed by atoms with Crippen LogP contribution in [0.5, 0.6) is 0 Å². The SMILES string of the molecule is Cc1cc(S(=O)(=O)Nc2ccc(C(=O)O)nc2)sc1Br. The van der Waals surface area contributed by atoms with Gasteiger partial charge in [-0.3, -0.25) is 4.72 Å². The third kappa shape index (κ3) is 3.17. The number of hydrogen-bond donors (Lipinski definition) is 2. The van der Waals surface area contributed by atoms with Gasteiger partial charge in [0.2, 0.25) is 0 Å². The topological polar surface area (TPSA) is 96.4 Å². The summed E-state index contributed by atoms with van der Waals surface area (Å²) in [4.78, 5) is 14.3. The number of aryl methyl sites for hydroxylation is 1. The van der Waals surface area contributed by atoms with Crippen LogP contribution < -0.4 is 4.72 Å². The van der Waals surface area contributed by atoms with E-state index in [1.807, 2.05) is 0 Å². The Morgan fingerprint density at radius 1 is 1.45 bits per heavy atom. The van der Waals surface area contributed by atoms with E-state index in [0.717, 1.165) is 26.9 Å². The molecular weight excluding hydrogens is 368 g/mol. The van der Waals surface area contributed by atoms with E-state index < -0.39 is 16.0 Å². The van der Waals surface area contributed by atoms with Gasteiger partial charge in [0.05, 0.1) is 15.7 Å². The summed E-state index contributed by atoms with van der Waals surface area (Å²) in [6, 6.07) is 4.13. The quantitative estimate of drug-likeness (QED) is 0.854. The van der Waals surface area contributed by atoms with Gasteiger partial charge in [-0.2, -0.15) is 0 Å². The number of nitrogens with one attached hydrogen (secondary N) is 1. The number of nitrogens with zero attached hydrogens (tertiary/aromatic N) is 1. The predicted molar refractivity (Wildman–Crippen MR) is 78.8 cm³/mol. The maximum absolute atomic E-state index is 12.1. The summed E-state index contributed by atoms with van der Waals surface area (Å²) in [5.41, 5.74) is 0.884. The third-order valence-electron chi connectivity index (χ3n) is 2.33. The summed E-state index contributed by atoms with van der Waals surface area (Å²) in [6.45, 7) is 1.79. The van der Waals surface area contributed by atoms with Crippen LogP contribution in [0, 0.1) is 6.92 Å². The summed E-state index contributed by atoms with van der Waals surface area (Å²) in [6.07, 6.45) is 1.16. The van der Waals surface area contributed by atoms with Crippen molar-refractivity contribution in [2.75, 3.05) is 4.72 Å². The molecule has 2 aromatic rings. The van der Waals surface area contributed by atoms with Crippen molar-refractivity contribution in [3.05, 3.63) is 39.4 Å². The van der Waals surface area contributed by atoms with E-state index in [0.29, 0.717) is 0 Å². The number of aromatic carboxylic acids is 1. The summed E-state index contributed by atoms with van der Waals surface area (Å²) in [7, 11) is -3.70. The average molecular weight is 377 g/mol. The predicted octanol–water partition coefficient (Wildman–Crippen LogP) is 2.71. The van der Waals surface area contributed by atoms with E-state index in [-0.39, 0.29) is 15.6 Å². The van der Waals surface area contributed by atoms with E-state index >= 15 is 0 Å². The largest absolute Gasteiger partial charge is 0.477 e. The average Bonchev–Trinajstić information content (AvgIpc) is 2.71. The fourth-order valence-electron chi connectivity index (χ4n) is 1.35. The monoisotopic (exact) mass is 376 g/mol. The van der Waals surface area contributed by atoms with Gasteiger partial charge >= 0.3 is 5.97 Å². The van der Waals surface area contributed by atoms with Gasteiger partial charge in [0, 0.05) is 0 Å². The van der Waals surface area contributed by atoms with Crippen LogP contribution in [0.2, 0.25) is 0 Å². The number of carboxylic acid groups (broad SMARTS) is 1. The van der Waals surface area contributed by atoms with Crippen LogP contribution in [0.1, 0.15) is 16.1 Å². The van der Waals surface area contributed by atoms with Crippen LogP contribution in [-0.4, -0.2) is 24.5 Å². The molecule has 0 saturated carbocycles. The lowest BCUT2D eigenvalue weighted by atomic mass is 10.3. The van der Waals surface area contributed by atoms with E-state index in [2.05, 4.69) is 25.6 Å². The molecule has 0 unspecified atom stereocenters. The molecule has 2 heterocycles. The summed E-state index contributed by atoms with van der Waals surface area (Å²) < 4.78 is 27.5. The number of sulfonamides is 1. The Morgan fingerprint density at radius 3 is 2.60 bits per heavy atom. The van der Waals surface area contributed by atoms with Crippen molar-refractivity contribution in [3.63, 3.8) is 0 Å². The molecule has 0 spiro atoms. The van der Waals surface area contributed by atoms with E-state index in [1.54, 1.807) is 13.0 Å². The molecule has 0 saturated heterocycles. The number of carboxylic acids is 1. The molecule has 0 aliphatic rings. The first-order valence-electron chi connectivity index (χ1n) is 5.28. The molecule has 0 atom stereocenters. The van der Waals surface area contributed by atoms with Crippen LogP contribution >= 0.6 is 27.3 Å². The highest BCUT2D eigenvalue weighted by atomic mass is 79.9. The number of aromatic nitrogens is 1. The van der Waals surface area contributed by atoms with Gasteiger partial charge < -0.3 is 5.11 Å². The van der Waals surface area contributed by atoms with Crippen molar-refractivity contribution in [3.8, 4) is 0 Å². The number of halogens is 1. The first-order valence-corrected chi connectivity index (χ1v) is 8.37. The van der Waals surface area contributed by atoms with Crippen molar-refractivity contribution >= 4 is 48.9 Å². The fraction of sp³-hybridized carbons (Fsp3) is 0.0909. The molecule has 106 valence electrons. The second-order valence-corrected chi connectivity index (χ2v) is 8.14. The van der Waals surface area contributed by atoms with Crippen molar-refractivity contribution in [2.45, 2.75) is 11.1 Å². The molecule has 0 amide bonds. The zero-order chi connectivity index (χ0) is 14.9. The second kappa shape index (κ2) is 5.51. The lowest BCUT2D eigenvalue weighted by molar-refractivity contribution is 0.0690. The molecule has 0 bridgehead atoms. The highest BCUT2D eigenvalue weighted by molar-refractivity contribution is 9.11. The number of pyridine rings is 1. The standard InChI is InChI=1S/C11H9BrN2O4S2/c1-6-4-9(19-10(6)12)20(17,18)14-7-2-3-8(11(15)16)13-5-7/h2-5,14H,1H3,(H,15,16). The second-order valence-electron chi connectivity index (χ2n) is 3.86. The van der Waals surface area contributed by atoms with E-state index in [1.165, 1.54) is 12.1 Å². The normalized spacial score (nSPS) is 11.3. The van der Waals surface area contributed by atoms with Crippen molar-refractivity contribution in [2.24, 2.45) is 0 Å². The molecular formula is C11H9BrN2O4S2. The van der Waals surface area contributed by atoms with Crippen LogP contribution in [0.3, 0.4) is 0 Å². The maximum atomic E-state index is 12.1. The van der Waals surface area contributed by atoms with Gasteiger partial charge in [-0.1, -0.05) is 0 Å². The molecule has 2 N–H and O–H groups in total.